The first-order valence-electron chi connectivity index (χ1n) is 7.19. The first-order valence-corrected chi connectivity index (χ1v) is 7.56. The smallest absolute Gasteiger partial charge is 0.125 e. The van der Waals surface area contributed by atoms with Crippen molar-refractivity contribution in [2.24, 2.45) is 5.84 Å². The molecule has 0 amide bonds. The summed E-state index contributed by atoms with van der Waals surface area (Å²) in [5.74, 6) is 7.65. The Hall–Kier alpha value is -1.49. The summed E-state index contributed by atoms with van der Waals surface area (Å²) >= 11 is 6.19. The van der Waals surface area contributed by atoms with Crippen molar-refractivity contribution in [2.75, 3.05) is 6.61 Å². The molecule has 0 saturated carbocycles. The topological polar surface area (TPSA) is 60.4 Å². The van der Waals surface area contributed by atoms with E-state index in [-0.39, 0.29) is 6.04 Å². The molecule has 0 fully saturated rings. The number of furan rings is 1. The highest BCUT2D eigenvalue weighted by atomic mass is 35.5. The molecule has 0 aliphatic carbocycles. The minimum atomic E-state index is 0.155. The summed E-state index contributed by atoms with van der Waals surface area (Å²) in [6, 6.07) is 8.00. The summed E-state index contributed by atoms with van der Waals surface area (Å²) in [5, 5.41) is 0.760. The number of benzene rings is 1. The van der Waals surface area contributed by atoms with Crippen LogP contribution in [0.2, 0.25) is 5.02 Å². The second-order valence-corrected chi connectivity index (χ2v) is 5.77. The molecule has 0 saturated heterocycles. The van der Waals surface area contributed by atoms with Crippen LogP contribution in [0, 0.1) is 0 Å². The van der Waals surface area contributed by atoms with Gasteiger partial charge in [-0.3, -0.25) is 11.3 Å². The van der Waals surface area contributed by atoms with Gasteiger partial charge in [-0.2, -0.15) is 0 Å². The zero-order chi connectivity index (χ0) is 14.7. The standard InChI is InChI=1S/C16H19ClN2O2/c17-13-8-11-5-7-21-16(11)12(9-13)10-14(19-18)3-4-15-2-1-6-20-15/h1-2,6,8-9,14,19H,3-5,7,10,18H2. The highest BCUT2D eigenvalue weighted by Gasteiger charge is 2.20. The van der Waals surface area contributed by atoms with Crippen molar-refractivity contribution in [3.63, 3.8) is 0 Å². The van der Waals surface area contributed by atoms with E-state index in [1.165, 1.54) is 5.56 Å². The molecule has 5 heteroatoms. The van der Waals surface area contributed by atoms with Crippen molar-refractivity contribution >= 4 is 11.6 Å². The molecule has 4 nitrogen and oxygen atoms in total. The predicted octanol–water partition coefficient (Wildman–Crippen LogP) is 2.88. The molecule has 2 aromatic rings. The summed E-state index contributed by atoms with van der Waals surface area (Å²) in [4.78, 5) is 0. The van der Waals surface area contributed by atoms with E-state index in [0.29, 0.717) is 0 Å². The number of aryl methyl sites for hydroxylation is 1. The van der Waals surface area contributed by atoms with Crippen LogP contribution in [-0.2, 0) is 19.3 Å². The van der Waals surface area contributed by atoms with Crippen LogP contribution in [0.15, 0.2) is 34.9 Å². The quantitative estimate of drug-likeness (QED) is 0.636. The molecule has 3 rings (SSSR count). The van der Waals surface area contributed by atoms with Gasteiger partial charge in [-0.1, -0.05) is 11.6 Å². The van der Waals surface area contributed by atoms with E-state index in [0.717, 1.165) is 54.4 Å². The SMILES string of the molecule is NNC(CCc1ccco1)Cc1cc(Cl)cc2c1OCC2. The van der Waals surface area contributed by atoms with Crippen LogP contribution >= 0.6 is 11.6 Å². The summed E-state index contributed by atoms with van der Waals surface area (Å²) < 4.78 is 11.1. The molecule has 112 valence electrons. The first-order chi connectivity index (χ1) is 10.3. The highest BCUT2D eigenvalue weighted by molar-refractivity contribution is 6.30. The molecule has 21 heavy (non-hydrogen) atoms. The number of fused-ring (bicyclic) bond motifs is 1. The molecule has 1 aromatic carbocycles. The fourth-order valence-corrected chi connectivity index (χ4v) is 3.04. The Bertz CT molecular complexity index is 599. The van der Waals surface area contributed by atoms with Gasteiger partial charge in [0.1, 0.15) is 11.5 Å². The summed E-state index contributed by atoms with van der Waals surface area (Å²) in [6.07, 6.45) is 5.16. The normalized spacial score (nSPS) is 14.8. The van der Waals surface area contributed by atoms with Crippen molar-refractivity contribution in [1.29, 1.82) is 0 Å². The molecule has 1 atom stereocenters. The van der Waals surface area contributed by atoms with E-state index in [4.69, 9.17) is 26.6 Å². The number of hydrogen-bond donors (Lipinski definition) is 2. The van der Waals surface area contributed by atoms with E-state index in [1.807, 2.05) is 24.3 Å². The van der Waals surface area contributed by atoms with Gasteiger partial charge in [0, 0.05) is 23.9 Å². The van der Waals surface area contributed by atoms with Crippen molar-refractivity contribution in [3.8, 4) is 5.75 Å². The van der Waals surface area contributed by atoms with Crippen molar-refractivity contribution in [3.05, 3.63) is 52.4 Å². The monoisotopic (exact) mass is 306 g/mol. The van der Waals surface area contributed by atoms with Crippen LogP contribution in [-0.4, -0.2) is 12.6 Å². The Morgan fingerprint density at radius 3 is 3.05 bits per heavy atom. The summed E-state index contributed by atoms with van der Waals surface area (Å²) in [5.41, 5.74) is 5.20. The molecule has 1 aliphatic rings. The Morgan fingerprint density at radius 2 is 2.29 bits per heavy atom. The molecule has 1 unspecified atom stereocenters. The van der Waals surface area contributed by atoms with Gasteiger partial charge < -0.3 is 9.15 Å². The van der Waals surface area contributed by atoms with Gasteiger partial charge in [-0.25, -0.2) is 0 Å². The highest BCUT2D eigenvalue weighted by Crippen LogP contribution is 2.33. The maximum atomic E-state index is 6.19. The largest absolute Gasteiger partial charge is 0.493 e. The minimum Gasteiger partial charge on any atom is -0.493 e. The average Bonchev–Trinajstić information content (AvgIpc) is 3.13. The molecule has 0 radical (unpaired) electrons. The maximum absolute atomic E-state index is 6.19. The van der Waals surface area contributed by atoms with Gasteiger partial charge >= 0.3 is 0 Å². The van der Waals surface area contributed by atoms with Crippen LogP contribution in [0.3, 0.4) is 0 Å². The average molecular weight is 307 g/mol. The van der Waals surface area contributed by atoms with E-state index >= 15 is 0 Å². The van der Waals surface area contributed by atoms with Crippen LogP contribution in [0.25, 0.3) is 0 Å². The molecule has 1 aliphatic heterocycles. The first kappa shape index (κ1) is 14.4. The number of hydrazine groups is 1. The third-order valence-electron chi connectivity index (χ3n) is 3.85. The lowest BCUT2D eigenvalue weighted by Crippen LogP contribution is -2.37. The van der Waals surface area contributed by atoms with Crippen LogP contribution in [0.4, 0.5) is 0 Å². The van der Waals surface area contributed by atoms with Crippen molar-refractivity contribution in [1.82, 2.24) is 5.43 Å². The summed E-state index contributed by atoms with van der Waals surface area (Å²) in [6.45, 7) is 0.732. The Balaban J connectivity index is 1.69. The van der Waals surface area contributed by atoms with Gasteiger partial charge in [0.25, 0.3) is 0 Å². The van der Waals surface area contributed by atoms with Gasteiger partial charge in [0.2, 0.25) is 0 Å². The van der Waals surface area contributed by atoms with Crippen molar-refractivity contribution < 1.29 is 9.15 Å². The van der Waals surface area contributed by atoms with Gasteiger partial charge in [-0.15, -0.1) is 0 Å². The lowest BCUT2D eigenvalue weighted by molar-refractivity contribution is 0.350. The van der Waals surface area contributed by atoms with E-state index in [2.05, 4.69) is 5.43 Å². The number of nitrogens with one attached hydrogen (secondary N) is 1. The number of hydrogen-bond acceptors (Lipinski definition) is 4. The van der Waals surface area contributed by atoms with Gasteiger partial charge in [0.05, 0.1) is 12.9 Å². The molecule has 0 bridgehead atoms. The zero-order valence-corrected chi connectivity index (χ0v) is 12.5. The molecule has 1 aromatic heterocycles. The van der Waals surface area contributed by atoms with Crippen molar-refractivity contribution in [2.45, 2.75) is 31.7 Å². The van der Waals surface area contributed by atoms with Crippen LogP contribution < -0.4 is 16.0 Å². The second kappa shape index (κ2) is 6.52. The molecular formula is C16H19ClN2O2. The lowest BCUT2D eigenvalue weighted by Gasteiger charge is -2.17. The van der Waals surface area contributed by atoms with Gasteiger partial charge in [0.15, 0.2) is 0 Å². The second-order valence-electron chi connectivity index (χ2n) is 5.34. The number of ether oxygens (including phenoxy) is 1. The van der Waals surface area contributed by atoms with Gasteiger partial charge in [-0.05, 0) is 48.2 Å². The Kier molecular flexibility index (Phi) is 4.48. The zero-order valence-electron chi connectivity index (χ0n) is 11.8. The third-order valence-corrected chi connectivity index (χ3v) is 4.06. The van der Waals surface area contributed by atoms with E-state index in [1.54, 1.807) is 6.26 Å². The Labute approximate surface area is 129 Å². The van der Waals surface area contributed by atoms with E-state index < -0.39 is 0 Å². The lowest BCUT2D eigenvalue weighted by atomic mass is 9.98. The van der Waals surface area contributed by atoms with E-state index in [9.17, 15) is 0 Å². The number of halogens is 1. The third kappa shape index (κ3) is 3.40. The van der Waals surface area contributed by atoms with Crippen LogP contribution in [0.1, 0.15) is 23.3 Å². The number of nitrogens with two attached hydrogens (primary N) is 1. The van der Waals surface area contributed by atoms with Crippen LogP contribution in [0.5, 0.6) is 5.75 Å². The minimum absolute atomic E-state index is 0.155. The fourth-order valence-electron chi connectivity index (χ4n) is 2.78. The predicted molar refractivity (Wildman–Crippen MR) is 82.5 cm³/mol. The molecule has 0 spiro atoms. The molecule has 2 heterocycles. The maximum Gasteiger partial charge on any atom is 0.125 e. The Morgan fingerprint density at radius 1 is 1.38 bits per heavy atom. The fraction of sp³-hybridized carbons (Fsp3) is 0.375. The number of rotatable bonds is 6. The molecule has 3 N–H and O–H groups in total. The molecular weight excluding hydrogens is 288 g/mol. The summed E-state index contributed by atoms with van der Waals surface area (Å²) in [7, 11) is 0.